The fourth-order valence-corrected chi connectivity index (χ4v) is 4.30. The number of nitrogens with one attached hydrogen (secondary N) is 1. The van der Waals surface area contributed by atoms with Gasteiger partial charge in [-0.15, -0.1) is 0 Å². The molecular weight excluding hydrogens is 258 g/mol. The van der Waals surface area contributed by atoms with E-state index in [1.807, 2.05) is 0 Å². The Morgan fingerprint density at radius 1 is 0.905 bits per heavy atom. The van der Waals surface area contributed by atoms with E-state index in [2.05, 4.69) is 35.6 Å². The summed E-state index contributed by atoms with van der Waals surface area (Å²) in [6.45, 7) is 1.50. The minimum absolute atomic E-state index is 0.382. The van der Waals surface area contributed by atoms with E-state index in [1.54, 1.807) is 0 Å². The molecule has 0 heterocycles. The van der Waals surface area contributed by atoms with Gasteiger partial charge in [0.1, 0.15) is 0 Å². The van der Waals surface area contributed by atoms with E-state index in [0.29, 0.717) is 24.5 Å². The second-order valence-corrected chi connectivity index (χ2v) is 7.00. The SMILES string of the molecule is OCC1CCCC1CNC1CCC(c2ccccc2)CC1. The van der Waals surface area contributed by atoms with Crippen LogP contribution in [0.25, 0.3) is 0 Å². The zero-order valence-corrected chi connectivity index (χ0v) is 13.0. The first-order valence-corrected chi connectivity index (χ1v) is 8.76. The fourth-order valence-electron chi connectivity index (χ4n) is 4.30. The molecule has 2 fully saturated rings. The highest BCUT2D eigenvalue weighted by Crippen LogP contribution is 2.34. The van der Waals surface area contributed by atoms with Gasteiger partial charge in [0.25, 0.3) is 0 Å². The molecule has 2 aliphatic rings. The van der Waals surface area contributed by atoms with E-state index < -0.39 is 0 Å². The van der Waals surface area contributed by atoms with Crippen LogP contribution in [-0.2, 0) is 0 Å². The third-order valence-corrected chi connectivity index (χ3v) is 5.72. The maximum atomic E-state index is 9.41. The second-order valence-electron chi connectivity index (χ2n) is 7.00. The van der Waals surface area contributed by atoms with Gasteiger partial charge < -0.3 is 10.4 Å². The molecule has 1 aromatic carbocycles. The Morgan fingerprint density at radius 2 is 1.62 bits per heavy atom. The molecule has 3 rings (SSSR count). The molecule has 0 aromatic heterocycles. The van der Waals surface area contributed by atoms with Gasteiger partial charge in [0.05, 0.1) is 0 Å². The van der Waals surface area contributed by atoms with E-state index in [4.69, 9.17) is 0 Å². The number of hydrogen-bond acceptors (Lipinski definition) is 2. The fraction of sp³-hybridized carbons (Fsp3) is 0.684. The van der Waals surface area contributed by atoms with Crippen molar-refractivity contribution in [2.45, 2.75) is 56.9 Å². The molecule has 2 saturated carbocycles. The van der Waals surface area contributed by atoms with Crippen molar-refractivity contribution in [3.05, 3.63) is 35.9 Å². The van der Waals surface area contributed by atoms with Crippen molar-refractivity contribution in [1.82, 2.24) is 5.32 Å². The molecule has 2 atom stereocenters. The van der Waals surface area contributed by atoms with E-state index in [0.717, 1.165) is 12.5 Å². The Morgan fingerprint density at radius 3 is 2.33 bits per heavy atom. The van der Waals surface area contributed by atoms with Crippen molar-refractivity contribution in [1.29, 1.82) is 0 Å². The average Bonchev–Trinajstić information content (AvgIpc) is 3.02. The lowest BCUT2D eigenvalue weighted by Gasteiger charge is -2.31. The highest BCUT2D eigenvalue weighted by atomic mass is 16.3. The van der Waals surface area contributed by atoms with Gasteiger partial charge in [-0.3, -0.25) is 0 Å². The smallest absolute Gasteiger partial charge is 0.0462 e. The summed E-state index contributed by atoms with van der Waals surface area (Å²) in [5, 5.41) is 13.2. The third kappa shape index (κ3) is 3.87. The number of rotatable bonds is 5. The van der Waals surface area contributed by atoms with E-state index in [9.17, 15) is 5.11 Å². The van der Waals surface area contributed by atoms with Gasteiger partial charge in [0, 0.05) is 12.6 Å². The van der Waals surface area contributed by atoms with Gasteiger partial charge in [-0.05, 0) is 68.4 Å². The maximum Gasteiger partial charge on any atom is 0.0462 e. The predicted octanol–water partition coefficient (Wildman–Crippen LogP) is 3.71. The lowest BCUT2D eigenvalue weighted by atomic mass is 9.81. The van der Waals surface area contributed by atoms with Gasteiger partial charge in [0.2, 0.25) is 0 Å². The third-order valence-electron chi connectivity index (χ3n) is 5.72. The molecule has 0 spiro atoms. The molecule has 2 N–H and O–H groups in total. The Hall–Kier alpha value is -0.860. The first-order chi connectivity index (χ1) is 10.4. The summed E-state index contributed by atoms with van der Waals surface area (Å²) in [4.78, 5) is 0. The average molecular weight is 287 g/mol. The highest BCUT2D eigenvalue weighted by Gasteiger charge is 2.28. The summed E-state index contributed by atoms with van der Waals surface area (Å²) in [6, 6.07) is 11.7. The van der Waals surface area contributed by atoms with Gasteiger partial charge in [-0.25, -0.2) is 0 Å². The molecule has 0 amide bonds. The molecule has 116 valence electrons. The lowest BCUT2D eigenvalue weighted by molar-refractivity contribution is 0.187. The Bertz CT molecular complexity index is 411. The van der Waals surface area contributed by atoms with Crippen LogP contribution < -0.4 is 5.32 Å². The van der Waals surface area contributed by atoms with Gasteiger partial charge in [-0.1, -0.05) is 36.8 Å². The minimum atomic E-state index is 0.382. The maximum absolute atomic E-state index is 9.41. The number of hydrogen-bond donors (Lipinski definition) is 2. The molecule has 1 aromatic rings. The van der Waals surface area contributed by atoms with E-state index in [1.165, 1.54) is 50.5 Å². The lowest BCUT2D eigenvalue weighted by Crippen LogP contribution is -2.37. The van der Waals surface area contributed by atoms with Crippen molar-refractivity contribution in [3.8, 4) is 0 Å². The van der Waals surface area contributed by atoms with Crippen LogP contribution in [0.3, 0.4) is 0 Å². The van der Waals surface area contributed by atoms with E-state index in [-0.39, 0.29) is 0 Å². The van der Waals surface area contributed by atoms with Crippen LogP contribution in [0.15, 0.2) is 30.3 Å². The van der Waals surface area contributed by atoms with Crippen LogP contribution in [0.5, 0.6) is 0 Å². The van der Waals surface area contributed by atoms with Crippen LogP contribution in [-0.4, -0.2) is 24.3 Å². The minimum Gasteiger partial charge on any atom is -0.396 e. The number of benzene rings is 1. The Labute approximate surface area is 129 Å². The van der Waals surface area contributed by atoms with Crippen LogP contribution in [0.1, 0.15) is 56.4 Å². The summed E-state index contributed by atoms with van der Waals surface area (Å²) < 4.78 is 0. The topological polar surface area (TPSA) is 32.3 Å². The molecule has 2 aliphatic carbocycles. The zero-order chi connectivity index (χ0) is 14.5. The van der Waals surface area contributed by atoms with Crippen LogP contribution in [0, 0.1) is 11.8 Å². The van der Waals surface area contributed by atoms with Crippen molar-refractivity contribution >= 4 is 0 Å². The van der Waals surface area contributed by atoms with Crippen LogP contribution >= 0.6 is 0 Å². The van der Waals surface area contributed by atoms with Crippen molar-refractivity contribution in [3.63, 3.8) is 0 Å². The van der Waals surface area contributed by atoms with Crippen molar-refractivity contribution in [2.75, 3.05) is 13.2 Å². The second kappa shape index (κ2) is 7.42. The van der Waals surface area contributed by atoms with Crippen LogP contribution in [0.4, 0.5) is 0 Å². The number of aliphatic hydroxyl groups is 1. The summed E-state index contributed by atoms with van der Waals surface area (Å²) in [7, 11) is 0. The predicted molar refractivity (Wildman–Crippen MR) is 87.4 cm³/mol. The van der Waals surface area contributed by atoms with Gasteiger partial charge >= 0.3 is 0 Å². The quantitative estimate of drug-likeness (QED) is 0.865. The summed E-state index contributed by atoms with van der Waals surface area (Å²) in [5.41, 5.74) is 1.52. The molecule has 0 saturated heterocycles. The molecule has 0 bridgehead atoms. The molecule has 2 unspecified atom stereocenters. The summed E-state index contributed by atoms with van der Waals surface area (Å²) in [6.07, 6.45) is 9.07. The summed E-state index contributed by atoms with van der Waals surface area (Å²) in [5.74, 6) is 2.03. The van der Waals surface area contributed by atoms with Gasteiger partial charge in [0.15, 0.2) is 0 Å². The highest BCUT2D eigenvalue weighted by molar-refractivity contribution is 5.20. The molecule has 2 heteroatoms. The van der Waals surface area contributed by atoms with Gasteiger partial charge in [-0.2, -0.15) is 0 Å². The largest absolute Gasteiger partial charge is 0.396 e. The Balaban J connectivity index is 1.42. The molecule has 0 radical (unpaired) electrons. The number of aliphatic hydroxyl groups excluding tert-OH is 1. The Kier molecular flexibility index (Phi) is 5.32. The first kappa shape index (κ1) is 15.1. The monoisotopic (exact) mass is 287 g/mol. The first-order valence-electron chi connectivity index (χ1n) is 8.76. The standard InChI is InChI=1S/C19H29NO/c21-14-18-8-4-7-17(18)13-20-19-11-9-16(10-12-19)15-5-2-1-3-6-15/h1-3,5-6,16-21H,4,7-14H2. The molecule has 0 aliphatic heterocycles. The van der Waals surface area contributed by atoms with Crippen LogP contribution in [0.2, 0.25) is 0 Å². The molecular formula is C19H29NO. The molecule has 2 nitrogen and oxygen atoms in total. The van der Waals surface area contributed by atoms with Crippen molar-refractivity contribution in [2.24, 2.45) is 11.8 Å². The summed E-state index contributed by atoms with van der Waals surface area (Å²) >= 11 is 0. The zero-order valence-electron chi connectivity index (χ0n) is 13.0. The van der Waals surface area contributed by atoms with E-state index >= 15 is 0 Å². The van der Waals surface area contributed by atoms with Crippen molar-refractivity contribution < 1.29 is 5.11 Å². The normalized spacial score (nSPS) is 33.2. The molecule has 21 heavy (non-hydrogen) atoms.